The maximum atomic E-state index is 13.3. The van der Waals surface area contributed by atoms with Gasteiger partial charge in [0.05, 0.1) is 11.6 Å². The van der Waals surface area contributed by atoms with E-state index in [-0.39, 0.29) is 11.3 Å². The Hall–Kier alpha value is -3.86. The molecule has 5 nitrogen and oxygen atoms in total. The van der Waals surface area contributed by atoms with Crippen molar-refractivity contribution in [3.05, 3.63) is 101 Å². The summed E-state index contributed by atoms with van der Waals surface area (Å²) in [6.45, 7) is 4.03. The fraction of sp³-hybridized carbons (Fsp3) is 0.214. The predicted octanol–water partition coefficient (Wildman–Crippen LogP) is 5.22. The van der Waals surface area contributed by atoms with Gasteiger partial charge in [-0.2, -0.15) is 0 Å². The zero-order valence-corrected chi connectivity index (χ0v) is 18.6. The van der Waals surface area contributed by atoms with Crippen molar-refractivity contribution in [1.82, 2.24) is 0 Å². The molecule has 2 heterocycles. The Labute approximate surface area is 193 Å². The lowest BCUT2D eigenvalue weighted by molar-refractivity contribution is -0.132. The number of rotatable bonds is 4. The number of nitrogens with zero attached hydrogens (tertiary/aromatic N) is 2. The molecule has 0 bridgehead atoms. The van der Waals surface area contributed by atoms with Gasteiger partial charge in [0.25, 0.3) is 11.7 Å². The van der Waals surface area contributed by atoms with E-state index in [4.69, 9.17) is 0 Å². The van der Waals surface area contributed by atoms with E-state index in [9.17, 15) is 14.7 Å². The Morgan fingerprint density at radius 2 is 1.52 bits per heavy atom. The molecule has 2 saturated heterocycles. The van der Waals surface area contributed by atoms with Crippen molar-refractivity contribution >= 4 is 28.8 Å². The number of aliphatic hydroxyl groups is 1. The van der Waals surface area contributed by atoms with Crippen molar-refractivity contribution in [3.8, 4) is 0 Å². The molecule has 1 N–H and O–H groups in total. The van der Waals surface area contributed by atoms with Gasteiger partial charge in [0.1, 0.15) is 5.76 Å². The lowest BCUT2D eigenvalue weighted by Crippen LogP contribution is -2.29. The minimum Gasteiger partial charge on any atom is -0.507 e. The Kier molecular flexibility index (Phi) is 5.47. The molecule has 166 valence electrons. The smallest absolute Gasteiger partial charge is 0.300 e. The molecule has 1 amide bonds. The molecule has 5 rings (SSSR count). The molecule has 2 aliphatic rings. The zero-order valence-electron chi connectivity index (χ0n) is 18.6. The molecule has 2 fully saturated rings. The molecule has 1 unspecified atom stereocenters. The van der Waals surface area contributed by atoms with Crippen LogP contribution in [0.1, 0.15) is 35.6 Å². The quantitative estimate of drug-likeness (QED) is 0.345. The fourth-order valence-electron chi connectivity index (χ4n) is 4.81. The third-order valence-corrected chi connectivity index (χ3v) is 6.45. The summed E-state index contributed by atoms with van der Waals surface area (Å²) in [7, 11) is 0. The van der Waals surface area contributed by atoms with Crippen molar-refractivity contribution in [2.24, 2.45) is 0 Å². The van der Waals surface area contributed by atoms with Crippen molar-refractivity contribution in [2.45, 2.75) is 25.8 Å². The summed E-state index contributed by atoms with van der Waals surface area (Å²) in [5, 5.41) is 11.1. The zero-order chi connectivity index (χ0) is 22.9. The maximum Gasteiger partial charge on any atom is 0.300 e. The largest absolute Gasteiger partial charge is 0.507 e. The standard InChI is InChI=1S/C28H26N2O3/c1-19-8-7-11-21(18-19)25-24(26(31)20-9-3-2-4-10-20)27(32)28(33)30(25)23-14-12-22(13-15-23)29-16-5-6-17-29/h2-4,7-15,18,25,31H,5-6,16-17H2,1H3/b26-24+. The van der Waals surface area contributed by atoms with Crippen LogP contribution in [-0.2, 0) is 9.59 Å². The third kappa shape index (κ3) is 3.80. The van der Waals surface area contributed by atoms with E-state index in [1.165, 1.54) is 17.7 Å². The van der Waals surface area contributed by atoms with Crippen LogP contribution in [0.3, 0.4) is 0 Å². The van der Waals surface area contributed by atoms with Crippen LogP contribution < -0.4 is 9.80 Å². The molecule has 3 aromatic carbocycles. The van der Waals surface area contributed by atoms with E-state index >= 15 is 0 Å². The molecule has 0 radical (unpaired) electrons. The molecule has 5 heteroatoms. The highest BCUT2D eigenvalue weighted by Gasteiger charge is 2.47. The van der Waals surface area contributed by atoms with Crippen molar-refractivity contribution in [2.75, 3.05) is 22.9 Å². The monoisotopic (exact) mass is 438 g/mol. The number of aryl methyl sites for hydroxylation is 1. The second-order valence-corrected chi connectivity index (χ2v) is 8.66. The molecule has 33 heavy (non-hydrogen) atoms. The summed E-state index contributed by atoms with van der Waals surface area (Å²) in [5.41, 5.74) is 4.18. The van der Waals surface area contributed by atoms with Gasteiger partial charge in [0.2, 0.25) is 0 Å². The number of hydrogen-bond donors (Lipinski definition) is 1. The van der Waals surface area contributed by atoms with Gasteiger partial charge >= 0.3 is 0 Å². The van der Waals surface area contributed by atoms with Gasteiger partial charge in [-0.25, -0.2) is 0 Å². The first-order valence-corrected chi connectivity index (χ1v) is 11.3. The van der Waals surface area contributed by atoms with Gasteiger partial charge in [0, 0.05) is 30.0 Å². The minimum absolute atomic E-state index is 0.111. The number of hydrogen-bond acceptors (Lipinski definition) is 4. The Balaban J connectivity index is 1.63. The van der Waals surface area contributed by atoms with Gasteiger partial charge in [-0.1, -0.05) is 60.2 Å². The van der Waals surface area contributed by atoms with E-state index in [0.29, 0.717) is 11.3 Å². The third-order valence-electron chi connectivity index (χ3n) is 6.45. The number of Topliss-reactive ketones (excluding diaryl/α,β-unsaturated/α-hetero) is 1. The van der Waals surface area contributed by atoms with Crippen LogP contribution in [0, 0.1) is 6.92 Å². The van der Waals surface area contributed by atoms with Crippen molar-refractivity contribution < 1.29 is 14.7 Å². The number of anilines is 2. The molecular weight excluding hydrogens is 412 g/mol. The first-order chi connectivity index (χ1) is 16.0. The van der Waals surface area contributed by atoms with Gasteiger partial charge in [-0.3, -0.25) is 14.5 Å². The average molecular weight is 439 g/mol. The summed E-state index contributed by atoms with van der Waals surface area (Å²) in [4.78, 5) is 30.4. The van der Waals surface area contributed by atoms with Crippen LogP contribution in [0.25, 0.3) is 5.76 Å². The molecule has 3 aromatic rings. The minimum atomic E-state index is -0.706. The second kappa shape index (κ2) is 8.58. The molecule has 1 atom stereocenters. The normalized spacial score (nSPS) is 20.0. The summed E-state index contributed by atoms with van der Waals surface area (Å²) in [5.74, 6) is -1.46. The van der Waals surface area contributed by atoms with Crippen LogP contribution in [0.15, 0.2) is 84.4 Å². The number of ketones is 1. The molecule has 0 aliphatic carbocycles. The van der Waals surface area contributed by atoms with E-state index in [1.807, 2.05) is 61.5 Å². The maximum absolute atomic E-state index is 13.3. The van der Waals surface area contributed by atoms with Crippen LogP contribution >= 0.6 is 0 Å². The highest BCUT2D eigenvalue weighted by atomic mass is 16.3. The number of carbonyl (C=O) groups is 2. The molecule has 0 saturated carbocycles. The number of carbonyl (C=O) groups excluding carboxylic acids is 2. The number of benzene rings is 3. The highest BCUT2D eigenvalue weighted by Crippen LogP contribution is 2.42. The van der Waals surface area contributed by atoms with Crippen molar-refractivity contribution in [3.63, 3.8) is 0 Å². The van der Waals surface area contributed by atoms with E-state index < -0.39 is 17.7 Å². The highest BCUT2D eigenvalue weighted by molar-refractivity contribution is 6.51. The van der Waals surface area contributed by atoms with Crippen LogP contribution in [-0.4, -0.2) is 29.9 Å². The first-order valence-electron chi connectivity index (χ1n) is 11.3. The summed E-state index contributed by atoms with van der Waals surface area (Å²) in [6.07, 6.45) is 2.37. The molecular formula is C28H26N2O3. The molecule has 0 aromatic heterocycles. The summed E-state index contributed by atoms with van der Waals surface area (Å²) >= 11 is 0. The Bertz CT molecular complexity index is 1230. The lowest BCUT2D eigenvalue weighted by atomic mass is 9.94. The van der Waals surface area contributed by atoms with Crippen LogP contribution in [0.5, 0.6) is 0 Å². The first kappa shape index (κ1) is 21.0. The predicted molar refractivity (Wildman–Crippen MR) is 130 cm³/mol. The van der Waals surface area contributed by atoms with E-state index in [0.717, 1.165) is 29.9 Å². The lowest BCUT2D eigenvalue weighted by Gasteiger charge is -2.26. The Morgan fingerprint density at radius 1 is 0.848 bits per heavy atom. The van der Waals surface area contributed by atoms with Crippen LogP contribution in [0.4, 0.5) is 11.4 Å². The van der Waals surface area contributed by atoms with Gasteiger partial charge < -0.3 is 10.0 Å². The van der Waals surface area contributed by atoms with E-state index in [2.05, 4.69) is 4.90 Å². The fourth-order valence-corrected chi connectivity index (χ4v) is 4.81. The van der Waals surface area contributed by atoms with Crippen LogP contribution in [0.2, 0.25) is 0 Å². The summed E-state index contributed by atoms with van der Waals surface area (Å²) < 4.78 is 0. The van der Waals surface area contributed by atoms with E-state index in [1.54, 1.807) is 24.3 Å². The SMILES string of the molecule is Cc1cccc(C2/C(=C(\O)c3ccccc3)C(=O)C(=O)N2c2ccc(N3CCCC3)cc2)c1. The van der Waals surface area contributed by atoms with Gasteiger partial charge in [-0.15, -0.1) is 0 Å². The number of amides is 1. The van der Waals surface area contributed by atoms with Gasteiger partial charge in [-0.05, 0) is 49.6 Å². The number of aliphatic hydroxyl groups excluding tert-OH is 1. The van der Waals surface area contributed by atoms with Gasteiger partial charge in [0.15, 0.2) is 0 Å². The Morgan fingerprint density at radius 3 is 2.18 bits per heavy atom. The topological polar surface area (TPSA) is 60.9 Å². The molecule has 2 aliphatic heterocycles. The second-order valence-electron chi connectivity index (χ2n) is 8.66. The average Bonchev–Trinajstić information content (AvgIpc) is 3.47. The summed E-state index contributed by atoms with van der Waals surface area (Å²) in [6, 6.07) is 23.7. The molecule has 0 spiro atoms. The van der Waals surface area contributed by atoms with Crippen molar-refractivity contribution in [1.29, 1.82) is 0 Å².